The largest absolute Gasteiger partial charge is 0.257 e. The van der Waals surface area contributed by atoms with Crippen molar-refractivity contribution in [1.82, 2.24) is 15.2 Å². The van der Waals surface area contributed by atoms with Gasteiger partial charge in [-0.1, -0.05) is 23.9 Å². The van der Waals surface area contributed by atoms with E-state index in [1.54, 1.807) is 11.3 Å². The number of nitrogens with one attached hydrogen (secondary N) is 1. The van der Waals surface area contributed by atoms with E-state index in [0.29, 0.717) is 16.5 Å². The van der Waals surface area contributed by atoms with E-state index in [2.05, 4.69) is 15.2 Å². The van der Waals surface area contributed by atoms with Gasteiger partial charge in [-0.15, -0.1) is 16.4 Å². The SMILES string of the molecule is CC(Sc1n[nH]c(-c2cccs2)n1)c1ccc(F)cc1F. The summed E-state index contributed by atoms with van der Waals surface area (Å²) in [5, 5.41) is 9.27. The van der Waals surface area contributed by atoms with Crippen LogP contribution in [0.4, 0.5) is 8.78 Å². The number of H-pyrrole nitrogens is 1. The molecule has 3 rings (SSSR count). The first-order valence-electron chi connectivity index (χ1n) is 6.21. The average Bonchev–Trinajstić information content (AvgIpc) is 3.08. The molecule has 0 aliphatic carbocycles. The molecular weight excluding hydrogens is 312 g/mol. The first kappa shape index (κ1) is 14.2. The van der Waals surface area contributed by atoms with E-state index in [1.165, 1.54) is 23.9 Å². The molecular formula is C14H11F2N3S2. The number of hydrogen-bond donors (Lipinski definition) is 1. The van der Waals surface area contributed by atoms with Gasteiger partial charge >= 0.3 is 0 Å². The summed E-state index contributed by atoms with van der Waals surface area (Å²) in [7, 11) is 0. The lowest BCUT2D eigenvalue weighted by Crippen LogP contribution is -1.95. The van der Waals surface area contributed by atoms with E-state index in [0.717, 1.165) is 10.9 Å². The third-order valence-electron chi connectivity index (χ3n) is 2.90. The minimum Gasteiger partial charge on any atom is -0.257 e. The zero-order chi connectivity index (χ0) is 14.8. The summed E-state index contributed by atoms with van der Waals surface area (Å²) in [6.07, 6.45) is 0. The van der Waals surface area contributed by atoms with Crippen molar-refractivity contribution in [2.45, 2.75) is 17.3 Å². The number of hydrogen-bond acceptors (Lipinski definition) is 4. The van der Waals surface area contributed by atoms with Gasteiger partial charge < -0.3 is 0 Å². The standard InChI is InChI=1S/C14H11F2N3S2/c1-8(10-5-4-9(15)7-11(10)16)21-14-17-13(18-19-14)12-3-2-6-20-12/h2-8H,1H3,(H,17,18,19). The molecule has 0 spiro atoms. The molecule has 2 aromatic heterocycles. The van der Waals surface area contributed by atoms with E-state index >= 15 is 0 Å². The minimum absolute atomic E-state index is 0.211. The highest BCUT2D eigenvalue weighted by atomic mass is 32.2. The van der Waals surface area contributed by atoms with Gasteiger partial charge in [-0.2, -0.15) is 0 Å². The molecule has 21 heavy (non-hydrogen) atoms. The summed E-state index contributed by atoms with van der Waals surface area (Å²) in [5.41, 5.74) is 0.434. The number of rotatable bonds is 4. The highest BCUT2D eigenvalue weighted by Crippen LogP contribution is 2.35. The number of aromatic amines is 1. The van der Waals surface area contributed by atoms with Crippen LogP contribution in [-0.4, -0.2) is 15.2 Å². The number of benzene rings is 1. The van der Waals surface area contributed by atoms with Gasteiger partial charge in [0, 0.05) is 16.9 Å². The smallest absolute Gasteiger partial charge is 0.209 e. The fourth-order valence-corrected chi connectivity index (χ4v) is 3.42. The van der Waals surface area contributed by atoms with E-state index in [9.17, 15) is 8.78 Å². The van der Waals surface area contributed by atoms with Crippen LogP contribution in [0.15, 0.2) is 40.9 Å². The molecule has 0 aliphatic rings. The Morgan fingerprint density at radius 2 is 2.14 bits per heavy atom. The quantitative estimate of drug-likeness (QED) is 0.710. The van der Waals surface area contributed by atoms with Crippen LogP contribution >= 0.6 is 23.1 Å². The Bertz CT molecular complexity index is 741. The van der Waals surface area contributed by atoms with E-state index in [-0.39, 0.29) is 5.25 Å². The van der Waals surface area contributed by atoms with Crippen molar-refractivity contribution in [3.8, 4) is 10.7 Å². The summed E-state index contributed by atoms with van der Waals surface area (Å²) < 4.78 is 26.7. The van der Waals surface area contributed by atoms with Crippen LogP contribution < -0.4 is 0 Å². The summed E-state index contributed by atoms with van der Waals surface area (Å²) in [6.45, 7) is 1.84. The molecule has 3 nitrogen and oxygen atoms in total. The number of thiophene rings is 1. The molecule has 0 amide bonds. The van der Waals surface area contributed by atoms with Crippen molar-refractivity contribution in [3.63, 3.8) is 0 Å². The fraction of sp³-hybridized carbons (Fsp3) is 0.143. The van der Waals surface area contributed by atoms with Gasteiger partial charge in [-0.3, -0.25) is 5.10 Å². The molecule has 2 heterocycles. The highest BCUT2D eigenvalue weighted by Gasteiger charge is 2.16. The molecule has 0 saturated carbocycles. The second-order valence-electron chi connectivity index (χ2n) is 4.37. The predicted molar refractivity (Wildman–Crippen MR) is 80.3 cm³/mol. The Morgan fingerprint density at radius 1 is 1.29 bits per heavy atom. The number of aromatic nitrogens is 3. The first-order chi connectivity index (χ1) is 10.1. The normalized spacial score (nSPS) is 12.5. The Hall–Kier alpha value is -1.73. The van der Waals surface area contributed by atoms with Crippen LogP contribution in [0.2, 0.25) is 0 Å². The molecule has 0 fully saturated rings. The summed E-state index contributed by atoms with van der Waals surface area (Å²) in [5.74, 6) is -0.436. The predicted octanol–water partition coefficient (Wildman–Crippen LogP) is 4.66. The third kappa shape index (κ3) is 3.14. The van der Waals surface area contributed by atoms with Crippen molar-refractivity contribution < 1.29 is 8.78 Å². The Labute approximate surface area is 128 Å². The molecule has 1 atom stereocenters. The summed E-state index contributed by atoms with van der Waals surface area (Å²) in [6, 6.07) is 7.48. The van der Waals surface area contributed by atoms with Gasteiger partial charge in [-0.25, -0.2) is 13.8 Å². The lowest BCUT2D eigenvalue weighted by atomic mass is 10.1. The summed E-state index contributed by atoms with van der Waals surface area (Å²) >= 11 is 2.89. The molecule has 7 heteroatoms. The van der Waals surface area contributed by atoms with E-state index in [4.69, 9.17) is 0 Å². The molecule has 0 bridgehead atoms. The lowest BCUT2D eigenvalue weighted by molar-refractivity contribution is 0.572. The second kappa shape index (κ2) is 5.95. The van der Waals surface area contributed by atoms with Crippen molar-refractivity contribution >= 4 is 23.1 Å². The molecule has 0 aliphatic heterocycles. The lowest BCUT2D eigenvalue weighted by Gasteiger charge is -2.10. The maximum atomic E-state index is 13.7. The average molecular weight is 323 g/mol. The van der Waals surface area contributed by atoms with Gasteiger partial charge in [0.15, 0.2) is 5.82 Å². The van der Waals surface area contributed by atoms with Gasteiger partial charge in [0.05, 0.1) is 4.88 Å². The number of nitrogens with zero attached hydrogens (tertiary/aromatic N) is 2. The topological polar surface area (TPSA) is 41.6 Å². The monoisotopic (exact) mass is 323 g/mol. The molecule has 0 saturated heterocycles. The van der Waals surface area contributed by atoms with Crippen LogP contribution in [0, 0.1) is 11.6 Å². The molecule has 0 radical (unpaired) electrons. The molecule has 1 N–H and O–H groups in total. The van der Waals surface area contributed by atoms with E-state index in [1.807, 2.05) is 24.4 Å². The first-order valence-corrected chi connectivity index (χ1v) is 7.97. The Morgan fingerprint density at radius 3 is 2.86 bits per heavy atom. The van der Waals surface area contributed by atoms with Crippen LogP contribution in [0.5, 0.6) is 0 Å². The molecule has 1 unspecified atom stereocenters. The van der Waals surface area contributed by atoms with Crippen molar-refractivity contribution in [1.29, 1.82) is 0 Å². The van der Waals surface area contributed by atoms with Crippen molar-refractivity contribution in [2.75, 3.05) is 0 Å². The zero-order valence-corrected chi connectivity index (χ0v) is 12.6. The molecule has 1 aromatic carbocycles. The van der Waals surface area contributed by atoms with Gasteiger partial charge in [0.2, 0.25) is 5.16 Å². The van der Waals surface area contributed by atoms with Crippen LogP contribution in [0.25, 0.3) is 10.7 Å². The number of halogens is 2. The second-order valence-corrected chi connectivity index (χ2v) is 6.63. The molecule has 108 valence electrons. The summed E-state index contributed by atoms with van der Waals surface area (Å²) in [4.78, 5) is 5.37. The highest BCUT2D eigenvalue weighted by molar-refractivity contribution is 7.99. The van der Waals surface area contributed by atoms with Crippen LogP contribution in [0.1, 0.15) is 17.7 Å². The zero-order valence-electron chi connectivity index (χ0n) is 11.0. The molecule has 3 aromatic rings. The van der Waals surface area contributed by atoms with Gasteiger partial charge in [0.1, 0.15) is 11.6 Å². The van der Waals surface area contributed by atoms with Gasteiger partial charge in [-0.05, 0) is 24.4 Å². The van der Waals surface area contributed by atoms with E-state index < -0.39 is 11.6 Å². The van der Waals surface area contributed by atoms with Crippen LogP contribution in [0.3, 0.4) is 0 Å². The third-order valence-corrected chi connectivity index (χ3v) is 4.78. The Kier molecular flexibility index (Phi) is 4.03. The van der Waals surface area contributed by atoms with Crippen molar-refractivity contribution in [3.05, 3.63) is 52.9 Å². The maximum Gasteiger partial charge on any atom is 0.209 e. The minimum atomic E-state index is -0.577. The van der Waals surface area contributed by atoms with Crippen LogP contribution in [-0.2, 0) is 0 Å². The fourth-order valence-electron chi connectivity index (χ4n) is 1.88. The van der Waals surface area contributed by atoms with Crippen molar-refractivity contribution in [2.24, 2.45) is 0 Å². The number of thioether (sulfide) groups is 1. The Balaban J connectivity index is 1.77. The maximum absolute atomic E-state index is 13.7. The van der Waals surface area contributed by atoms with Gasteiger partial charge in [0.25, 0.3) is 0 Å².